The predicted molar refractivity (Wildman–Crippen MR) is 59.1 cm³/mol. The highest BCUT2D eigenvalue weighted by Gasteiger charge is 2.14. The Bertz CT molecular complexity index is 171. The monoisotopic (exact) mass is 201 g/mol. The van der Waals surface area contributed by atoms with E-state index in [9.17, 15) is 4.79 Å². The minimum Gasteiger partial charge on any atom is -0.342 e. The van der Waals surface area contributed by atoms with Gasteiger partial charge in [0.1, 0.15) is 0 Å². The molecule has 0 radical (unpaired) electrons. The third kappa shape index (κ3) is 4.58. The lowest BCUT2D eigenvalue weighted by Gasteiger charge is -2.26. The molecule has 0 spiro atoms. The Balaban J connectivity index is 4.01. The lowest BCUT2D eigenvalue weighted by Crippen LogP contribution is -2.42. The normalized spacial score (nSPS) is 11.1. The maximum absolute atomic E-state index is 11.7. The van der Waals surface area contributed by atoms with Gasteiger partial charge in [0, 0.05) is 26.2 Å². The van der Waals surface area contributed by atoms with Gasteiger partial charge in [0.15, 0.2) is 0 Å². The van der Waals surface area contributed by atoms with Crippen molar-refractivity contribution in [3.8, 4) is 0 Å². The van der Waals surface area contributed by atoms with Crippen molar-refractivity contribution in [2.45, 2.75) is 26.8 Å². The summed E-state index contributed by atoms with van der Waals surface area (Å²) in [4.78, 5) is 15.5. The second-order valence-corrected chi connectivity index (χ2v) is 3.76. The average molecular weight is 201 g/mol. The summed E-state index contributed by atoms with van der Waals surface area (Å²) in [6, 6.07) is 0.263. The minimum absolute atomic E-state index is 0.162. The van der Waals surface area contributed by atoms with E-state index in [-0.39, 0.29) is 11.9 Å². The summed E-state index contributed by atoms with van der Waals surface area (Å²) in [5, 5.41) is 0. The van der Waals surface area contributed by atoms with Crippen LogP contribution in [0.25, 0.3) is 0 Å². The van der Waals surface area contributed by atoms with Gasteiger partial charge in [-0.05, 0) is 20.4 Å². The lowest BCUT2D eigenvalue weighted by atomic mass is 10.3. The van der Waals surface area contributed by atoms with E-state index in [1.807, 2.05) is 27.8 Å². The summed E-state index contributed by atoms with van der Waals surface area (Å²) in [5.74, 6) is 0.162. The maximum atomic E-state index is 11.7. The summed E-state index contributed by atoms with van der Waals surface area (Å²) in [6.07, 6.45) is 0. The van der Waals surface area contributed by atoms with Crippen LogP contribution in [0.15, 0.2) is 0 Å². The SMILES string of the molecule is CCN(CCN)CC(=O)N(C)C(C)C. The number of hydrogen-bond acceptors (Lipinski definition) is 3. The van der Waals surface area contributed by atoms with E-state index < -0.39 is 0 Å². The molecule has 4 nitrogen and oxygen atoms in total. The fourth-order valence-electron chi connectivity index (χ4n) is 1.12. The fourth-order valence-corrected chi connectivity index (χ4v) is 1.12. The van der Waals surface area contributed by atoms with E-state index in [1.165, 1.54) is 0 Å². The summed E-state index contributed by atoms with van der Waals surface area (Å²) in [5.41, 5.74) is 5.45. The summed E-state index contributed by atoms with van der Waals surface area (Å²) in [6.45, 7) is 8.80. The number of likely N-dealkylation sites (N-methyl/N-ethyl adjacent to an activating group) is 2. The molecule has 0 aromatic carbocycles. The van der Waals surface area contributed by atoms with Crippen LogP contribution < -0.4 is 5.73 Å². The summed E-state index contributed by atoms with van der Waals surface area (Å²) in [7, 11) is 1.84. The van der Waals surface area contributed by atoms with E-state index >= 15 is 0 Å². The number of amides is 1. The van der Waals surface area contributed by atoms with Crippen molar-refractivity contribution in [3.05, 3.63) is 0 Å². The Hall–Kier alpha value is -0.610. The van der Waals surface area contributed by atoms with E-state index in [0.717, 1.165) is 13.1 Å². The molecule has 0 aliphatic carbocycles. The molecule has 0 unspecified atom stereocenters. The molecular weight excluding hydrogens is 178 g/mol. The molecule has 0 fully saturated rings. The zero-order valence-electron chi connectivity index (χ0n) is 9.79. The van der Waals surface area contributed by atoms with Crippen LogP contribution in [0.1, 0.15) is 20.8 Å². The zero-order chi connectivity index (χ0) is 11.1. The van der Waals surface area contributed by atoms with E-state index in [2.05, 4.69) is 4.90 Å². The average Bonchev–Trinajstić information content (AvgIpc) is 2.15. The summed E-state index contributed by atoms with van der Waals surface area (Å²) < 4.78 is 0. The third-order valence-corrected chi connectivity index (χ3v) is 2.42. The molecule has 14 heavy (non-hydrogen) atoms. The molecule has 84 valence electrons. The fraction of sp³-hybridized carbons (Fsp3) is 0.900. The van der Waals surface area contributed by atoms with Crippen molar-refractivity contribution < 1.29 is 4.79 Å². The maximum Gasteiger partial charge on any atom is 0.236 e. The van der Waals surface area contributed by atoms with Crippen LogP contribution in [0.4, 0.5) is 0 Å². The Morgan fingerprint density at radius 2 is 2.00 bits per heavy atom. The molecule has 0 atom stereocenters. The minimum atomic E-state index is 0.162. The molecule has 0 heterocycles. The number of nitrogens with zero attached hydrogens (tertiary/aromatic N) is 2. The van der Waals surface area contributed by atoms with Gasteiger partial charge in [-0.2, -0.15) is 0 Å². The van der Waals surface area contributed by atoms with Gasteiger partial charge >= 0.3 is 0 Å². The second kappa shape index (κ2) is 6.79. The van der Waals surface area contributed by atoms with Crippen molar-refractivity contribution >= 4 is 5.91 Å². The second-order valence-electron chi connectivity index (χ2n) is 3.76. The van der Waals surface area contributed by atoms with Crippen molar-refractivity contribution in [1.82, 2.24) is 9.80 Å². The van der Waals surface area contributed by atoms with Gasteiger partial charge < -0.3 is 10.6 Å². The van der Waals surface area contributed by atoms with Gasteiger partial charge in [-0.3, -0.25) is 9.69 Å². The number of carbonyl (C=O) groups is 1. The molecule has 0 saturated carbocycles. The Morgan fingerprint density at radius 3 is 2.36 bits per heavy atom. The highest BCUT2D eigenvalue weighted by Crippen LogP contribution is 1.96. The van der Waals surface area contributed by atoms with Gasteiger partial charge in [0.05, 0.1) is 6.54 Å². The molecule has 1 amide bonds. The Morgan fingerprint density at radius 1 is 1.43 bits per heavy atom. The van der Waals surface area contributed by atoms with Crippen molar-refractivity contribution in [1.29, 1.82) is 0 Å². The molecule has 0 aromatic rings. The molecule has 0 rings (SSSR count). The van der Waals surface area contributed by atoms with Crippen molar-refractivity contribution in [2.24, 2.45) is 5.73 Å². The van der Waals surface area contributed by atoms with Gasteiger partial charge in [-0.25, -0.2) is 0 Å². The predicted octanol–water partition coefficient (Wildman–Crippen LogP) is 0.134. The first-order valence-corrected chi connectivity index (χ1v) is 5.21. The molecule has 0 aliphatic rings. The first-order chi connectivity index (χ1) is 6.52. The number of rotatable bonds is 6. The number of nitrogens with two attached hydrogens (primary N) is 1. The quantitative estimate of drug-likeness (QED) is 0.665. The van der Waals surface area contributed by atoms with E-state index in [0.29, 0.717) is 13.1 Å². The highest BCUT2D eigenvalue weighted by molar-refractivity contribution is 5.78. The molecular formula is C10H23N3O. The molecule has 0 saturated heterocycles. The molecule has 2 N–H and O–H groups in total. The zero-order valence-corrected chi connectivity index (χ0v) is 9.79. The Kier molecular flexibility index (Phi) is 6.49. The number of carbonyl (C=O) groups excluding carboxylic acids is 1. The molecule has 0 aliphatic heterocycles. The van der Waals surface area contributed by atoms with Crippen LogP contribution in [0, 0.1) is 0 Å². The molecule has 0 aromatic heterocycles. The third-order valence-electron chi connectivity index (χ3n) is 2.42. The largest absolute Gasteiger partial charge is 0.342 e. The van der Waals surface area contributed by atoms with Gasteiger partial charge in [0.2, 0.25) is 5.91 Å². The van der Waals surface area contributed by atoms with Crippen LogP contribution in [0.5, 0.6) is 0 Å². The van der Waals surface area contributed by atoms with Crippen molar-refractivity contribution in [3.63, 3.8) is 0 Å². The van der Waals surface area contributed by atoms with E-state index in [1.54, 1.807) is 4.90 Å². The smallest absolute Gasteiger partial charge is 0.236 e. The molecule has 0 bridgehead atoms. The first-order valence-electron chi connectivity index (χ1n) is 5.21. The van der Waals surface area contributed by atoms with Crippen LogP contribution in [-0.2, 0) is 4.79 Å². The lowest BCUT2D eigenvalue weighted by molar-refractivity contribution is -0.132. The summed E-state index contributed by atoms with van der Waals surface area (Å²) >= 11 is 0. The topological polar surface area (TPSA) is 49.6 Å². The van der Waals surface area contributed by atoms with Crippen LogP contribution in [0.2, 0.25) is 0 Å². The molecule has 4 heteroatoms. The number of hydrogen-bond donors (Lipinski definition) is 1. The van der Waals surface area contributed by atoms with Crippen LogP contribution in [0.3, 0.4) is 0 Å². The van der Waals surface area contributed by atoms with Gasteiger partial charge in [-0.1, -0.05) is 6.92 Å². The van der Waals surface area contributed by atoms with E-state index in [4.69, 9.17) is 5.73 Å². The highest BCUT2D eigenvalue weighted by atomic mass is 16.2. The Labute approximate surface area is 87.0 Å². The standard InChI is InChI=1S/C10H23N3O/c1-5-13(7-6-11)8-10(14)12(4)9(2)3/h9H,5-8,11H2,1-4H3. The first kappa shape index (κ1) is 13.4. The van der Waals surface area contributed by atoms with Crippen LogP contribution >= 0.6 is 0 Å². The van der Waals surface area contributed by atoms with Crippen LogP contribution in [-0.4, -0.2) is 55.0 Å². The van der Waals surface area contributed by atoms with Crippen molar-refractivity contribution in [2.75, 3.05) is 33.2 Å². The van der Waals surface area contributed by atoms with Gasteiger partial charge in [0.25, 0.3) is 0 Å². The van der Waals surface area contributed by atoms with Gasteiger partial charge in [-0.15, -0.1) is 0 Å².